The Balaban J connectivity index is 3.12. The van der Waals surface area contributed by atoms with Gasteiger partial charge in [0.15, 0.2) is 0 Å². The number of halogens is 5. The number of nitrogens with zero attached hydrogens (tertiary/aromatic N) is 1. The van der Waals surface area contributed by atoms with E-state index in [1.807, 2.05) is 0 Å². The van der Waals surface area contributed by atoms with Crippen LogP contribution in [0.2, 0.25) is 5.15 Å². The Morgan fingerprint density at radius 1 is 1.50 bits per heavy atom. The van der Waals surface area contributed by atoms with Crippen molar-refractivity contribution in [1.82, 2.24) is 4.98 Å². The maximum absolute atomic E-state index is 12.2. The molecule has 0 radical (unpaired) electrons. The molecule has 0 aliphatic heterocycles. The van der Waals surface area contributed by atoms with E-state index < -0.39 is 12.2 Å². The molecule has 0 aliphatic rings. The predicted octanol–water partition coefficient (Wildman–Crippen LogP) is 3.06. The molecule has 1 aromatic rings. The van der Waals surface area contributed by atoms with Crippen LogP contribution in [0.25, 0.3) is 0 Å². The Hall–Kier alpha value is -0.330. The Morgan fingerprint density at radius 3 is 2.57 bits per heavy atom. The standard InChI is InChI=1S/C7H5BrClF3N2/c8-4-2-14-5(9)1-3(4)6(13)7(10,11)12/h1-2,6H,13H2/t6-/m1/s1. The predicted molar refractivity (Wildman–Crippen MR) is 49.9 cm³/mol. The largest absolute Gasteiger partial charge is 0.407 e. The average molecular weight is 289 g/mol. The van der Waals surface area contributed by atoms with Crippen LogP contribution in [0.1, 0.15) is 11.6 Å². The molecule has 0 fully saturated rings. The molecule has 1 atom stereocenters. The van der Waals surface area contributed by atoms with E-state index in [-0.39, 0.29) is 15.2 Å². The Bertz CT molecular complexity index is 342. The Labute approximate surface area is 91.4 Å². The number of aromatic nitrogens is 1. The highest BCUT2D eigenvalue weighted by atomic mass is 79.9. The minimum absolute atomic E-state index is 0.0251. The molecule has 2 N–H and O–H groups in total. The van der Waals surface area contributed by atoms with Crippen LogP contribution in [-0.4, -0.2) is 11.2 Å². The minimum atomic E-state index is -4.49. The topological polar surface area (TPSA) is 38.9 Å². The highest BCUT2D eigenvalue weighted by Gasteiger charge is 2.38. The van der Waals surface area contributed by atoms with Gasteiger partial charge in [-0.3, -0.25) is 0 Å². The quantitative estimate of drug-likeness (QED) is 0.807. The average Bonchev–Trinajstić information content (AvgIpc) is 2.06. The number of nitrogens with two attached hydrogens (primary N) is 1. The second-order valence-electron chi connectivity index (χ2n) is 2.55. The fraction of sp³-hybridized carbons (Fsp3) is 0.286. The summed E-state index contributed by atoms with van der Waals surface area (Å²) >= 11 is 8.38. The zero-order valence-corrected chi connectivity index (χ0v) is 8.99. The van der Waals surface area contributed by atoms with Gasteiger partial charge >= 0.3 is 6.18 Å². The first-order valence-electron chi connectivity index (χ1n) is 3.45. The second kappa shape index (κ2) is 4.04. The summed E-state index contributed by atoms with van der Waals surface area (Å²) in [6.07, 6.45) is -3.31. The summed E-state index contributed by atoms with van der Waals surface area (Å²) in [5.74, 6) is 0. The molecule has 0 amide bonds. The summed E-state index contributed by atoms with van der Waals surface area (Å²) < 4.78 is 36.9. The van der Waals surface area contributed by atoms with Gasteiger partial charge in [-0.1, -0.05) is 11.6 Å². The van der Waals surface area contributed by atoms with Gasteiger partial charge in [-0.15, -0.1) is 0 Å². The van der Waals surface area contributed by atoms with Gasteiger partial charge in [-0.2, -0.15) is 13.2 Å². The first kappa shape index (κ1) is 11.7. The van der Waals surface area contributed by atoms with Crippen LogP contribution < -0.4 is 5.73 Å². The Kier molecular flexibility index (Phi) is 3.39. The molecule has 78 valence electrons. The van der Waals surface area contributed by atoms with Crippen LogP contribution in [0.3, 0.4) is 0 Å². The lowest BCUT2D eigenvalue weighted by Crippen LogP contribution is -2.28. The summed E-state index contributed by atoms with van der Waals surface area (Å²) in [4.78, 5) is 3.60. The van der Waals surface area contributed by atoms with E-state index >= 15 is 0 Å². The highest BCUT2D eigenvalue weighted by Crippen LogP contribution is 2.34. The van der Waals surface area contributed by atoms with E-state index in [0.29, 0.717) is 0 Å². The molecule has 1 rings (SSSR count). The second-order valence-corrected chi connectivity index (χ2v) is 3.79. The van der Waals surface area contributed by atoms with Gasteiger partial charge in [0.2, 0.25) is 0 Å². The first-order chi connectivity index (χ1) is 6.32. The molecule has 0 aromatic carbocycles. The van der Waals surface area contributed by atoms with E-state index in [2.05, 4.69) is 20.9 Å². The molecule has 14 heavy (non-hydrogen) atoms. The van der Waals surface area contributed by atoms with E-state index in [1.54, 1.807) is 0 Å². The zero-order valence-electron chi connectivity index (χ0n) is 6.65. The van der Waals surface area contributed by atoms with Crippen LogP contribution in [0.15, 0.2) is 16.7 Å². The zero-order chi connectivity index (χ0) is 10.9. The summed E-state index contributed by atoms with van der Waals surface area (Å²) in [5.41, 5.74) is 4.87. The maximum atomic E-state index is 12.2. The third-order valence-electron chi connectivity index (χ3n) is 1.54. The van der Waals surface area contributed by atoms with E-state index in [1.165, 1.54) is 6.20 Å². The van der Waals surface area contributed by atoms with Gasteiger partial charge in [-0.25, -0.2) is 4.98 Å². The van der Waals surface area contributed by atoms with Gasteiger partial charge in [-0.05, 0) is 27.6 Å². The van der Waals surface area contributed by atoms with Gasteiger partial charge in [0.1, 0.15) is 11.2 Å². The van der Waals surface area contributed by atoms with Crippen molar-refractivity contribution in [1.29, 1.82) is 0 Å². The van der Waals surface area contributed by atoms with Crippen molar-refractivity contribution in [2.75, 3.05) is 0 Å². The molecular formula is C7H5BrClF3N2. The molecular weight excluding hydrogens is 284 g/mol. The van der Waals surface area contributed by atoms with Crippen LogP contribution in [-0.2, 0) is 0 Å². The van der Waals surface area contributed by atoms with Crippen LogP contribution in [0.4, 0.5) is 13.2 Å². The highest BCUT2D eigenvalue weighted by molar-refractivity contribution is 9.10. The molecule has 0 saturated heterocycles. The van der Waals surface area contributed by atoms with E-state index in [0.717, 1.165) is 6.07 Å². The minimum Gasteiger partial charge on any atom is -0.316 e. The third kappa shape index (κ3) is 2.59. The van der Waals surface area contributed by atoms with Gasteiger partial charge in [0.25, 0.3) is 0 Å². The molecule has 0 unspecified atom stereocenters. The Morgan fingerprint density at radius 2 is 2.07 bits per heavy atom. The fourth-order valence-corrected chi connectivity index (χ4v) is 1.47. The fourth-order valence-electron chi connectivity index (χ4n) is 0.842. The van der Waals surface area contributed by atoms with Crippen molar-refractivity contribution in [3.63, 3.8) is 0 Å². The number of hydrogen-bond acceptors (Lipinski definition) is 2. The van der Waals surface area contributed by atoms with Gasteiger partial charge in [0, 0.05) is 10.7 Å². The van der Waals surface area contributed by atoms with Gasteiger partial charge in [0.05, 0.1) is 0 Å². The number of pyridine rings is 1. The number of alkyl halides is 3. The lowest BCUT2D eigenvalue weighted by atomic mass is 10.1. The van der Waals surface area contributed by atoms with Crippen LogP contribution in [0.5, 0.6) is 0 Å². The van der Waals surface area contributed by atoms with Crippen molar-refractivity contribution < 1.29 is 13.2 Å². The molecule has 0 bridgehead atoms. The lowest BCUT2D eigenvalue weighted by Gasteiger charge is -2.16. The van der Waals surface area contributed by atoms with Crippen molar-refractivity contribution in [3.05, 3.63) is 27.5 Å². The molecule has 1 heterocycles. The van der Waals surface area contributed by atoms with E-state index in [9.17, 15) is 13.2 Å². The van der Waals surface area contributed by atoms with Gasteiger partial charge < -0.3 is 5.73 Å². The summed E-state index contributed by atoms with van der Waals surface area (Å²) in [6, 6.07) is -0.971. The van der Waals surface area contributed by atoms with Crippen molar-refractivity contribution >= 4 is 27.5 Å². The summed E-state index contributed by atoms with van der Waals surface area (Å²) in [6.45, 7) is 0. The van der Waals surface area contributed by atoms with Crippen LogP contribution >= 0.6 is 27.5 Å². The number of hydrogen-bond donors (Lipinski definition) is 1. The lowest BCUT2D eigenvalue weighted by molar-refractivity contribution is -0.149. The van der Waals surface area contributed by atoms with Crippen molar-refractivity contribution in [3.8, 4) is 0 Å². The monoisotopic (exact) mass is 288 g/mol. The van der Waals surface area contributed by atoms with Crippen molar-refractivity contribution in [2.45, 2.75) is 12.2 Å². The van der Waals surface area contributed by atoms with Crippen LogP contribution in [0, 0.1) is 0 Å². The molecule has 7 heteroatoms. The van der Waals surface area contributed by atoms with E-state index in [4.69, 9.17) is 17.3 Å². The van der Waals surface area contributed by atoms with Crippen molar-refractivity contribution in [2.24, 2.45) is 5.73 Å². The smallest absolute Gasteiger partial charge is 0.316 e. The molecule has 0 aliphatic carbocycles. The molecule has 2 nitrogen and oxygen atoms in total. The third-order valence-corrected chi connectivity index (χ3v) is 2.41. The summed E-state index contributed by atoms with van der Waals surface area (Å²) in [7, 11) is 0. The maximum Gasteiger partial charge on any atom is 0.407 e. The molecule has 0 spiro atoms. The number of rotatable bonds is 1. The first-order valence-corrected chi connectivity index (χ1v) is 4.62. The molecule has 1 aromatic heterocycles. The SMILES string of the molecule is N[C@H](c1cc(Cl)ncc1Br)C(F)(F)F. The molecule has 0 saturated carbocycles. The summed E-state index contributed by atoms with van der Waals surface area (Å²) in [5, 5.41) is -0.0251. The normalized spacial score (nSPS) is 14.1.